The van der Waals surface area contributed by atoms with Crippen LogP contribution < -0.4 is 4.72 Å². The van der Waals surface area contributed by atoms with Crippen molar-refractivity contribution in [1.29, 1.82) is 0 Å². The molecule has 0 saturated carbocycles. The first-order chi connectivity index (χ1) is 9.88. The summed E-state index contributed by atoms with van der Waals surface area (Å²) in [7, 11) is -0.565. The molecule has 7 heteroatoms. The van der Waals surface area contributed by atoms with Crippen molar-refractivity contribution in [3.63, 3.8) is 0 Å². The lowest BCUT2D eigenvalue weighted by Gasteiger charge is -2.16. The molecule has 116 valence electrons. The Morgan fingerprint density at radius 1 is 1.19 bits per heavy atom. The first-order valence-electron chi connectivity index (χ1n) is 6.95. The Hall–Kier alpha value is -1.60. The number of carbonyl (C=O) groups excluding carboxylic acids is 1. The smallest absolute Gasteiger partial charge is 0.301 e. The molecule has 2 rings (SSSR count). The minimum atomic E-state index is -3.49. The minimum absolute atomic E-state index is 0.133. The van der Waals surface area contributed by atoms with E-state index in [9.17, 15) is 13.2 Å². The third-order valence-electron chi connectivity index (χ3n) is 3.50. The summed E-state index contributed by atoms with van der Waals surface area (Å²) in [5.74, 6) is 0.133. The van der Waals surface area contributed by atoms with E-state index in [0.717, 1.165) is 35.8 Å². The highest BCUT2D eigenvalue weighted by Gasteiger charge is 2.18. The number of nitrogens with zero attached hydrogens (tertiary/aromatic N) is 2. The van der Waals surface area contributed by atoms with Gasteiger partial charge in [-0.1, -0.05) is 12.1 Å². The molecule has 1 heterocycles. The summed E-state index contributed by atoms with van der Waals surface area (Å²) >= 11 is 0. The van der Waals surface area contributed by atoms with Gasteiger partial charge in [0.05, 0.1) is 6.42 Å². The summed E-state index contributed by atoms with van der Waals surface area (Å²) in [6.07, 6.45) is 2.52. The number of nitrogens with one attached hydrogen (secondary N) is 1. The molecule has 0 atom stereocenters. The van der Waals surface area contributed by atoms with Gasteiger partial charge in [0, 0.05) is 32.9 Å². The number of hydrogen-bond donors (Lipinski definition) is 1. The van der Waals surface area contributed by atoms with Gasteiger partial charge >= 0.3 is 10.2 Å². The summed E-state index contributed by atoms with van der Waals surface area (Å²) in [4.78, 5) is 13.9. The predicted octanol–water partition coefficient (Wildman–Crippen LogP) is 1.07. The lowest BCUT2D eigenvalue weighted by Crippen LogP contribution is -2.29. The summed E-state index contributed by atoms with van der Waals surface area (Å²) in [6.45, 7) is 1.69. The van der Waals surface area contributed by atoms with Gasteiger partial charge in [-0.15, -0.1) is 0 Å². The molecule has 1 aromatic carbocycles. The Morgan fingerprint density at radius 2 is 1.76 bits per heavy atom. The SMILES string of the molecule is CN(C)S(=O)(=O)Nc1ccc(CC(=O)N2CCCC2)cc1. The molecule has 1 amide bonds. The van der Waals surface area contributed by atoms with Crippen molar-refractivity contribution < 1.29 is 13.2 Å². The van der Waals surface area contributed by atoms with Gasteiger partial charge in [-0.2, -0.15) is 12.7 Å². The van der Waals surface area contributed by atoms with Crippen LogP contribution in [0.2, 0.25) is 0 Å². The van der Waals surface area contributed by atoms with Crippen molar-refractivity contribution in [1.82, 2.24) is 9.21 Å². The number of anilines is 1. The lowest BCUT2D eigenvalue weighted by molar-refractivity contribution is -0.129. The Balaban J connectivity index is 1.97. The number of benzene rings is 1. The third-order valence-corrected chi connectivity index (χ3v) is 4.95. The molecule has 0 spiro atoms. The maximum absolute atomic E-state index is 12.0. The summed E-state index contributed by atoms with van der Waals surface area (Å²) in [6, 6.07) is 6.91. The molecule has 1 N–H and O–H groups in total. The van der Waals surface area contributed by atoms with Gasteiger partial charge in [0.25, 0.3) is 0 Å². The average Bonchev–Trinajstić information content (AvgIpc) is 2.94. The van der Waals surface area contributed by atoms with E-state index in [2.05, 4.69) is 4.72 Å². The first-order valence-corrected chi connectivity index (χ1v) is 8.39. The minimum Gasteiger partial charge on any atom is -0.342 e. The van der Waals surface area contributed by atoms with Crippen molar-refractivity contribution in [2.24, 2.45) is 0 Å². The number of carbonyl (C=O) groups is 1. The van der Waals surface area contributed by atoms with E-state index in [1.165, 1.54) is 14.1 Å². The standard InChI is InChI=1S/C14H21N3O3S/c1-16(2)21(19,20)15-13-7-5-12(6-8-13)11-14(18)17-9-3-4-10-17/h5-8,15H,3-4,9-11H2,1-2H3. The summed E-state index contributed by atoms with van der Waals surface area (Å²) in [5, 5.41) is 0. The second-order valence-electron chi connectivity index (χ2n) is 5.35. The van der Waals surface area contributed by atoms with Crippen LogP contribution in [0.15, 0.2) is 24.3 Å². The second-order valence-corrected chi connectivity index (χ2v) is 7.24. The van der Waals surface area contributed by atoms with Crippen molar-refractivity contribution >= 4 is 21.8 Å². The van der Waals surface area contributed by atoms with Crippen LogP contribution in [0, 0.1) is 0 Å². The fourth-order valence-electron chi connectivity index (χ4n) is 2.18. The van der Waals surface area contributed by atoms with Gasteiger partial charge in [0.2, 0.25) is 5.91 Å². The predicted molar refractivity (Wildman–Crippen MR) is 82.2 cm³/mol. The summed E-state index contributed by atoms with van der Waals surface area (Å²) in [5.41, 5.74) is 1.38. The van der Waals surface area contributed by atoms with Crippen LogP contribution in [0.3, 0.4) is 0 Å². The molecule has 0 bridgehead atoms. The number of likely N-dealkylation sites (tertiary alicyclic amines) is 1. The van der Waals surface area contributed by atoms with Gasteiger partial charge in [-0.05, 0) is 30.5 Å². The molecule has 1 aromatic rings. The van der Waals surface area contributed by atoms with Crippen LogP contribution in [0.1, 0.15) is 18.4 Å². The third kappa shape index (κ3) is 4.18. The highest BCUT2D eigenvalue weighted by atomic mass is 32.2. The van der Waals surface area contributed by atoms with Crippen molar-refractivity contribution in [3.8, 4) is 0 Å². The van der Waals surface area contributed by atoms with Gasteiger partial charge in [0.1, 0.15) is 0 Å². The van der Waals surface area contributed by atoms with Crippen molar-refractivity contribution in [3.05, 3.63) is 29.8 Å². The van der Waals surface area contributed by atoms with E-state index in [0.29, 0.717) is 12.1 Å². The average molecular weight is 311 g/mol. The largest absolute Gasteiger partial charge is 0.342 e. The molecule has 1 saturated heterocycles. The molecule has 1 aliphatic rings. The molecule has 0 aliphatic carbocycles. The van der Waals surface area contributed by atoms with Gasteiger partial charge in [0.15, 0.2) is 0 Å². The van der Waals surface area contributed by atoms with Gasteiger partial charge < -0.3 is 4.90 Å². The lowest BCUT2D eigenvalue weighted by atomic mass is 10.1. The highest BCUT2D eigenvalue weighted by Crippen LogP contribution is 2.15. The van der Waals surface area contributed by atoms with E-state index in [-0.39, 0.29) is 5.91 Å². The van der Waals surface area contributed by atoms with E-state index in [4.69, 9.17) is 0 Å². The Bertz CT molecular complexity index is 590. The van der Waals surface area contributed by atoms with E-state index < -0.39 is 10.2 Å². The zero-order valence-electron chi connectivity index (χ0n) is 12.4. The Kier molecular flexibility index (Phi) is 4.84. The van der Waals surface area contributed by atoms with Crippen molar-refractivity contribution in [2.45, 2.75) is 19.3 Å². The fourth-order valence-corrected chi connectivity index (χ4v) is 2.80. The zero-order chi connectivity index (χ0) is 15.5. The van der Waals surface area contributed by atoms with E-state index >= 15 is 0 Å². The van der Waals surface area contributed by atoms with E-state index in [1.807, 2.05) is 4.90 Å². The van der Waals surface area contributed by atoms with Crippen molar-refractivity contribution in [2.75, 3.05) is 31.9 Å². The molecule has 0 radical (unpaired) electrons. The Labute approximate surface area is 125 Å². The number of hydrogen-bond acceptors (Lipinski definition) is 3. The maximum atomic E-state index is 12.0. The number of amides is 1. The Morgan fingerprint density at radius 3 is 2.29 bits per heavy atom. The molecule has 0 unspecified atom stereocenters. The molecule has 1 aliphatic heterocycles. The van der Waals surface area contributed by atoms with Crippen LogP contribution in [0.25, 0.3) is 0 Å². The zero-order valence-corrected chi connectivity index (χ0v) is 13.2. The summed E-state index contributed by atoms with van der Waals surface area (Å²) < 4.78 is 26.9. The molecular weight excluding hydrogens is 290 g/mol. The molecule has 1 fully saturated rings. The monoisotopic (exact) mass is 311 g/mol. The highest BCUT2D eigenvalue weighted by molar-refractivity contribution is 7.90. The molecule has 6 nitrogen and oxygen atoms in total. The molecule has 0 aromatic heterocycles. The number of rotatable bonds is 5. The molecule has 21 heavy (non-hydrogen) atoms. The van der Waals surface area contributed by atoms with Crippen LogP contribution in [0.4, 0.5) is 5.69 Å². The topological polar surface area (TPSA) is 69.7 Å². The van der Waals surface area contributed by atoms with Gasteiger partial charge in [-0.3, -0.25) is 9.52 Å². The van der Waals surface area contributed by atoms with Crippen LogP contribution in [0.5, 0.6) is 0 Å². The normalized spacial score (nSPS) is 15.5. The van der Waals surface area contributed by atoms with Crippen LogP contribution >= 0.6 is 0 Å². The maximum Gasteiger partial charge on any atom is 0.301 e. The quantitative estimate of drug-likeness (QED) is 0.884. The van der Waals surface area contributed by atoms with E-state index in [1.54, 1.807) is 24.3 Å². The van der Waals surface area contributed by atoms with Gasteiger partial charge in [-0.25, -0.2) is 0 Å². The first kappa shape index (κ1) is 15.8. The second kappa shape index (κ2) is 6.44. The fraction of sp³-hybridized carbons (Fsp3) is 0.500. The van der Waals surface area contributed by atoms with Crippen LogP contribution in [-0.4, -0.2) is 50.7 Å². The van der Waals surface area contributed by atoms with Crippen LogP contribution in [-0.2, 0) is 21.4 Å². The molecular formula is C14H21N3O3S.